The topological polar surface area (TPSA) is 74.8 Å². The molecule has 1 aliphatic rings. The van der Waals surface area contributed by atoms with Gasteiger partial charge in [-0.1, -0.05) is 23.7 Å². The molecule has 4 N–H and O–H groups in total. The molecule has 5 nitrogen and oxygen atoms in total. The van der Waals surface area contributed by atoms with Crippen molar-refractivity contribution in [1.29, 1.82) is 0 Å². The third kappa shape index (κ3) is 4.94. The lowest BCUT2D eigenvalue weighted by Gasteiger charge is -2.43. The number of amides is 2. The summed E-state index contributed by atoms with van der Waals surface area (Å²) in [6.45, 7) is 8.60. The first-order valence-corrected chi connectivity index (χ1v) is 8.19. The number of para-hydroxylation sites is 1. The average molecular weight is 339 g/mol. The maximum absolute atomic E-state index is 12.2. The largest absolute Gasteiger partial charge is 0.345 e. The van der Waals surface area contributed by atoms with Crippen LogP contribution in [0.25, 0.3) is 0 Å². The Bertz CT molecular complexity index is 598. The Morgan fingerprint density at radius 3 is 2.22 bits per heavy atom. The third-order valence-corrected chi connectivity index (χ3v) is 4.32. The van der Waals surface area contributed by atoms with Gasteiger partial charge in [0.15, 0.2) is 0 Å². The molecular weight excluding hydrogens is 314 g/mol. The van der Waals surface area contributed by atoms with Crippen LogP contribution in [0.2, 0.25) is 5.02 Å². The number of hydrogen-bond donors (Lipinski definition) is 3. The van der Waals surface area contributed by atoms with Crippen molar-refractivity contribution in [3.05, 3.63) is 29.3 Å². The Kier molecular flexibility index (Phi) is 5.01. The van der Waals surface area contributed by atoms with Crippen molar-refractivity contribution in [2.45, 2.75) is 57.7 Å². The first kappa shape index (κ1) is 17.8. The van der Waals surface area contributed by atoms with Crippen LogP contribution in [0, 0.1) is 0 Å². The second kappa shape index (κ2) is 6.49. The molecule has 1 saturated heterocycles. The quantitative estimate of drug-likeness (QED) is 0.718. The van der Waals surface area contributed by atoms with Crippen molar-refractivity contribution in [3.63, 3.8) is 0 Å². The van der Waals surface area contributed by atoms with Gasteiger partial charge in [0.25, 0.3) is 0 Å². The maximum Gasteiger partial charge on any atom is 0.313 e. The molecule has 0 bridgehead atoms. The second-order valence-electron chi connectivity index (χ2n) is 7.63. The third-order valence-electron chi connectivity index (χ3n) is 3.99. The molecule has 1 fully saturated rings. The number of anilines is 1. The molecule has 0 atom stereocenters. The minimum absolute atomic E-state index is 0.0190. The van der Waals surface area contributed by atoms with E-state index in [2.05, 4.69) is 43.6 Å². The molecule has 0 spiro atoms. The zero-order valence-electron chi connectivity index (χ0n) is 14.1. The Balaban J connectivity index is 1.98. The SMILES string of the molecule is CC1(C)CC(NC(=O)C(=O)Nc2ccccc2Cl)CC(C)(C)[NH2+]1. The highest BCUT2D eigenvalue weighted by Crippen LogP contribution is 2.22. The van der Waals surface area contributed by atoms with E-state index in [1.165, 1.54) is 0 Å². The Morgan fingerprint density at radius 1 is 1.09 bits per heavy atom. The van der Waals surface area contributed by atoms with Crippen molar-refractivity contribution in [2.24, 2.45) is 0 Å². The molecular formula is C17H25ClN3O2+. The van der Waals surface area contributed by atoms with Gasteiger partial charge in [-0.15, -0.1) is 0 Å². The summed E-state index contributed by atoms with van der Waals surface area (Å²) >= 11 is 5.99. The van der Waals surface area contributed by atoms with Gasteiger partial charge in [-0.2, -0.15) is 0 Å². The summed E-state index contributed by atoms with van der Waals surface area (Å²) in [5.74, 6) is -1.31. The molecule has 0 aromatic heterocycles. The van der Waals surface area contributed by atoms with Crippen molar-refractivity contribution >= 4 is 29.1 Å². The van der Waals surface area contributed by atoms with Gasteiger partial charge in [0.1, 0.15) is 0 Å². The molecule has 1 aliphatic heterocycles. The number of benzene rings is 1. The van der Waals surface area contributed by atoms with Crippen LogP contribution in [0.3, 0.4) is 0 Å². The molecule has 0 aliphatic carbocycles. The minimum Gasteiger partial charge on any atom is -0.345 e. The molecule has 2 amide bonds. The second-order valence-corrected chi connectivity index (χ2v) is 8.04. The Labute approximate surface area is 142 Å². The van der Waals surface area contributed by atoms with Gasteiger partial charge in [-0.3, -0.25) is 9.59 Å². The van der Waals surface area contributed by atoms with E-state index in [-0.39, 0.29) is 17.1 Å². The standard InChI is InChI=1S/C17H24ClN3O2/c1-16(2)9-11(10-17(3,4)21-16)19-14(22)15(23)20-13-8-6-5-7-12(13)18/h5-8,11,21H,9-10H2,1-4H3,(H,19,22)(H,20,23)/p+1. The summed E-state index contributed by atoms with van der Waals surface area (Å²) in [6.07, 6.45) is 1.64. The lowest BCUT2D eigenvalue weighted by molar-refractivity contribution is -0.787. The zero-order valence-corrected chi connectivity index (χ0v) is 14.8. The summed E-state index contributed by atoms with van der Waals surface area (Å²) < 4.78 is 0. The molecule has 1 aromatic carbocycles. The van der Waals surface area contributed by atoms with Crippen LogP contribution in [0.1, 0.15) is 40.5 Å². The fourth-order valence-corrected chi connectivity index (χ4v) is 3.80. The highest BCUT2D eigenvalue weighted by Gasteiger charge is 2.42. The lowest BCUT2D eigenvalue weighted by atomic mass is 9.79. The Morgan fingerprint density at radius 2 is 1.65 bits per heavy atom. The fraction of sp³-hybridized carbons (Fsp3) is 0.529. The van der Waals surface area contributed by atoms with Crippen LogP contribution in [0.15, 0.2) is 24.3 Å². The fourth-order valence-electron chi connectivity index (χ4n) is 3.61. The summed E-state index contributed by atoms with van der Waals surface area (Å²) in [4.78, 5) is 24.2. The van der Waals surface area contributed by atoms with E-state index in [0.29, 0.717) is 10.7 Å². The number of nitrogens with one attached hydrogen (secondary N) is 2. The van der Waals surface area contributed by atoms with Crippen molar-refractivity contribution in [3.8, 4) is 0 Å². The zero-order chi connectivity index (χ0) is 17.3. The van der Waals surface area contributed by atoms with Crippen molar-refractivity contribution in [1.82, 2.24) is 5.32 Å². The van der Waals surface area contributed by atoms with Crippen LogP contribution in [0.4, 0.5) is 5.69 Å². The summed E-state index contributed by atoms with van der Waals surface area (Å²) in [6, 6.07) is 6.82. The van der Waals surface area contributed by atoms with Crippen LogP contribution in [-0.2, 0) is 9.59 Å². The first-order valence-electron chi connectivity index (χ1n) is 7.81. The Hall–Kier alpha value is -1.59. The van der Waals surface area contributed by atoms with Crippen LogP contribution in [-0.4, -0.2) is 28.9 Å². The molecule has 6 heteroatoms. The average Bonchev–Trinajstić information content (AvgIpc) is 2.37. The minimum atomic E-state index is -0.691. The normalized spacial score (nSPS) is 19.9. The molecule has 1 heterocycles. The predicted molar refractivity (Wildman–Crippen MR) is 91.3 cm³/mol. The predicted octanol–water partition coefficient (Wildman–Crippen LogP) is 1.68. The number of halogens is 1. The molecule has 2 rings (SSSR count). The molecule has 126 valence electrons. The number of hydrogen-bond acceptors (Lipinski definition) is 2. The van der Waals surface area contributed by atoms with Crippen molar-refractivity contribution in [2.75, 3.05) is 5.32 Å². The maximum atomic E-state index is 12.2. The van der Waals surface area contributed by atoms with E-state index in [0.717, 1.165) is 12.8 Å². The number of nitrogens with two attached hydrogens (primary N) is 1. The van der Waals surface area contributed by atoms with E-state index in [4.69, 9.17) is 11.6 Å². The number of rotatable bonds is 2. The molecule has 0 radical (unpaired) electrons. The number of quaternary nitrogens is 1. The van der Waals surface area contributed by atoms with Crippen LogP contribution >= 0.6 is 11.6 Å². The van der Waals surface area contributed by atoms with Gasteiger partial charge >= 0.3 is 11.8 Å². The highest BCUT2D eigenvalue weighted by molar-refractivity contribution is 6.41. The monoisotopic (exact) mass is 338 g/mol. The summed E-state index contributed by atoms with van der Waals surface area (Å²) in [5, 5.41) is 8.14. The number of carbonyl (C=O) groups is 2. The van der Waals surface area contributed by atoms with Gasteiger partial charge in [-0.05, 0) is 39.8 Å². The summed E-state index contributed by atoms with van der Waals surface area (Å²) in [7, 11) is 0. The van der Waals surface area contributed by atoms with E-state index in [1.54, 1.807) is 24.3 Å². The molecule has 1 aromatic rings. The van der Waals surface area contributed by atoms with Gasteiger partial charge in [0, 0.05) is 18.9 Å². The van der Waals surface area contributed by atoms with Gasteiger partial charge in [0.05, 0.1) is 21.8 Å². The van der Waals surface area contributed by atoms with Gasteiger partial charge < -0.3 is 16.0 Å². The van der Waals surface area contributed by atoms with E-state index < -0.39 is 11.8 Å². The number of piperidine rings is 1. The highest BCUT2D eigenvalue weighted by atomic mass is 35.5. The number of carbonyl (C=O) groups excluding carboxylic acids is 2. The summed E-state index contributed by atoms with van der Waals surface area (Å²) in [5.41, 5.74) is 0.490. The van der Waals surface area contributed by atoms with Crippen molar-refractivity contribution < 1.29 is 14.9 Å². The van der Waals surface area contributed by atoms with E-state index >= 15 is 0 Å². The van der Waals surface area contributed by atoms with E-state index in [9.17, 15) is 9.59 Å². The van der Waals surface area contributed by atoms with Crippen LogP contribution < -0.4 is 16.0 Å². The molecule has 0 saturated carbocycles. The first-order chi connectivity index (χ1) is 10.6. The van der Waals surface area contributed by atoms with Gasteiger partial charge in [-0.25, -0.2) is 0 Å². The van der Waals surface area contributed by atoms with E-state index in [1.807, 2.05) is 0 Å². The van der Waals surface area contributed by atoms with Gasteiger partial charge in [0.2, 0.25) is 0 Å². The van der Waals surface area contributed by atoms with Crippen LogP contribution in [0.5, 0.6) is 0 Å². The smallest absolute Gasteiger partial charge is 0.313 e. The molecule has 23 heavy (non-hydrogen) atoms. The molecule has 0 unspecified atom stereocenters. The lowest BCUT2D eigenvalue weighted by Crippen LogP contribution is -3.06.